The van der Waals surface area contributed by atoms with Crippen LogP contribution in [0.2, 0.25) is 0 Å². The van der Waals surface area contributed by atoms with Crippen molar-refractivity contribution in [1.82, 2.24) is 9.80 Å². The molecule has 5 heteroatoms. The van der Waals surface area contributed by atoms with E-state index < -0.39 is 5.60 Å². The SMILES string of the molecule is CC1C(N(C)C)C(O)(Cc2ccccc2)CCN1C1(c2ccccc2)CCCCC1.Cl.Cl. The van der Waals surface area contributed by atoms with Gasteiger partial charge in [0.2, 0.25) is 0 Å². The van der Waals surface area contributed by atoms with Crippen molar-refractivity contribution in [2.24, 2.45) is 0 Å². The summed E-state index contributed by atoms with van der Waals surface area (Å²) in [6.07, 6.45) is 7.89. The molecule has 3 atom stereocenters. The van der Waals surface area contributed by atoms with Crippen molar-refractivity contribution >= 4 is 24.8 Å². The Balaban J connectivity index is 0.00000181. The Kier molecular flexibility index (Phi) is 9.63. The molecular weight excluding hydrogens is 439 g/mol. The number of nitrogens with zero attached hydrogens (tertiary/aromatic N) is 2. The summed E-state index contributed by atoms with van der Waals surface area (Å²) in [5.41, 5.74) is 2.07. The van der Waals surface area contributed by atoms with E-state index in [1.165, 1.54) is 43.2 Å². The highest BCUT2D eigenvalue weighted by atomic mass is 35.5. The number of likely N-dealkylation sites (tertiary alicyclic amines) is 1. The van der Waals surface area contributed by atoms with Gasteiger partial charge in [0, 0.05) is 24.5 Å². The first kappa shape index (κ1) is 27.1. The van der Waals surface area contributed by atoms with Crippen LogP contribution in [0.4, 0.5) is 0 Å². The number of aliphatic hydroxyl groups is 1. The van der Waals surface area contributed by atoms with Crippen molar-refractivity contribution in [1.29, 1.82) is 0 Å². The third kappa shape index (κ3) is 5.18. The van der Waals surface area contributed by atoms with E-state index in [0.717, 1.165) is 13.0 Å². The first-order chi connectivity index (χ1) is 14.5. The maximum absolute atomic E-state index is 11.9. The molecule has 2 aliphatic rings. The van der Waals surface area contributed by atoms with Crippen molar-refractivity contribution < 1.29 is 5.11 Å². The molecule has 32 heavy (non-hydrogen) atoms. The highest BCUT2D eigenvalue weighted by Crippen LogP contribution is 2.47. The van der Waals surface area contributed by atoms with Gasteiger partial charge in [-0.05, 0) is 51.4 Å². The van der Waals surface area contributed by atoms with Gasteiger partial charge in [0.1, 0.15) is 0 Å². The molecule has 2 aromatic carbocycles. The Bertz CT molecular complexity index is 811. The van der Waals surface area contributed by atoms with Gasteiger partial charge in [0.05, 0.1) is 11.6 Å². The molecular formula is C27H40Cl2N2O. The smallest absolute Gasteiger partial charge is 0.0869 e. The summed E-state index contributed by atoms with van der Waals surface area (Å²) in [6, 6.07) is 22.0. The molecule has 1 saturated heterocycles. The summed E-state index contributed by atoms with van der Waals surface area (Å²) < 4.78 is 0. The molecule has 1 aliphatic heterocycles. The van der Waals surface area contributed by atoms with Gasteiger partial charge in [0.15, 0.2) is 0 Å². The van der Waals surface area contributed by atoms with Crippen LogP contribution in [-0.4, -0.2) is 53.2 Å². The standard InChI is InChI=1S/C27H38N2O.2ClH/c1-22-25(28(2)3)27(30,21-23-13-7-4-8-14-23)19-20-29(22)26(17-11-6-12-18-26)24-15-9-5-10-16-24;;/h4-5,7-10,13-16,22,25,30H,6,11-12,17-21H2,1-3H3;2*1H. The molecule has 1 aliphatic carbocycles. The fourth-order valence-corrected chi connectivity index (χ4v) is 6.57. The van der Waals surface area contributed by atoms with Crippen LogP contribution in [0.15, 0.2) is 60.7 Å². The Morgan fingerprint density at radius 3 is 2.00 bits per heavy atom. The molecule has 1 heterocycles. The van der Waals surface area contributed by atoms with Crippen molar-refractivity contribution in [3.8, 4) is 0 Å². The van der Waals surface area contributed by atoms with Gasteiger partial charge in [-0.1, -0.05) is 79.9 Å². The van der Waals surface area contributed by atoms with Gasteiger partial charge in [0.25, 0.3) is 0 Å². The number of hydrogen-bond donors (Lipinski definition) is 1. The molecule has 0 radical (unpaired) electrons. The van der Waals surface area contributed by atoms with Crippen LogP contribution in [0, 0.1) is 0 Å². The average molecular weight is 480 g/mol. The molecule has 0 spiro atoms. The van der Waals surface area contributed by atoms with Gasteiger partial charge < -0.3 is 10.0 Å². The van der Waals surface area contributed by atoms with Gasteiger partial charge in [-0.25, -0.2) is 0 Å². The molecule has 1 saturated carbocycles. The first-order valence-corrected chi connectivity index (χ1v) is 11.7. The quantitative estimate of drug-likeness (QED) is 0.597. The molecule has 2 aromatic rings. The zero-order valence-corrected chi connectivity index (χ0v) is 21.4. The van der Waals surface area contributed by atoms with Gasteiger partial charge in [-0.2, -0.15) is 0 Å². The Hall–Kier alpha value is -1.10. The lowest BCUT2D eigenvalue weighted by molar-refractivity contribution is -0.138. The van der Waals surface area contributed by atoms with E-state index in [9.17, 15) is 5.11 Å². The predicted octanol–water partition coefficient (Wildman–Crippen LogP) is 5.69. The van der Waals surface area contributed by atoms with E-state index in [2.05, 4.69) is 91.5 Å². The maximum atomic E-state index is 11.9. The van der Waals surface area contributed by atoms with Crippen LogP contribution >= 0.6 is 24.8 Å². The molecule has 1 N–H and O–H groups in total. The number of piperidine rings is 1. The van der Waals surface area contributed by atoms with Crippen molar-refractivity contribution in [3.05, 3.63) is 71.8 Å². The highest BCUT2D eigenvalue weighted by molar-refractivity contribution is 5.85. The van der Waals surface area contributed by atoms with E-state index in [0.29, 0.717) is 6.42 Å². The van der Waals surface area contributed by atoms with Crippen LogP contribution in [-0.2, 0) is 12.0 Å². The molecule has 3 nitrogen and oxygen atoms in total. The van der Waals surface area contributed by atoms with Gasteiger partial charge in [-0.3, -0.25) is 4.90 Å². The normalized spacial score (nSPS) is 27.9. The summed E-state index contributed by atoms with van der Waals surface area (Å²) >= 11 is 0. The zero-order chi connectivity index (χ0) is 21.2. The van der Waals surface area contributed by atoms with E-state index >= 15 is 0 Å². The van der Waals surface area contributed by atoms with Gasteiger partial charge >= 0.3 is 0 Å². The lowest BCUT2D eigenvalue weighted by Crippen LogP contribution is -2.69. The van der Waals surface area contributed by atoms with E-state index in [1.54, 1.807) is 0 Å². The summed E-state index contributed by atoms with van der Waals surface area (Å²) in [7, 11) is 4.27. The van der Waals surface area contributed by atoms with E-state index in [-0.39, 0.29) is 42.4 Å². The van der Waals surface area contributed by atoms with E-state index in [4.69, 9.17) is 0 Å². The zero-order valence-electron chi connectivity index (χ0n) is 19.7. The average Bonchev–Trinajstić information content (AvgIpc) is 2.75. The summed E-state index contributed by atoms with van der Waals surface area (Å²) in [5, 5.41) is 11.9. The number of hydrogen-bond acceptors (Lipinski definition) is 3. The van der Waals surface area contributed by atoms with Crippen LogP contribution in [0.3, 0.4) is 0 Å². The minimum atomic E-state index is -0.715. The summed E-state index contributed by atoms with van der Waals surface area (Å²) in [4.78, 5) is 5.02. The maximum Gasteiger partial charge on any atom is 0.0869 e. The molecule has 2 fully saturated rings. The van der Waals surface area contributed by atoms with Crippen molar-refractivity contribution in [2.75, 3.05) is 20.6 Å². The number of likely N-dealkylation sites (N-methyl/N-ethyl adjacent to an activating group) is 1. The second-order valence-electron chi connectivity index (χ2n) is 9.82. The molecule has 178 valence electrons. The topological polar surface area (TPSA) is 26.7 Å². The first-order valence-electron chi connectivity index (χ1n) is 11.7. The minimum Gasteiger partial charge on any atom is -0.388 e. The molecule has 0 aromatic heterocycles. The molecule has 4 rings (SSSR count). The number of halogens is 2. The fourth-order valence-electron chi connectivity index (χ4n) is 6.57. The predicted molar refractivity (Wildman–Crippen MR) is 139 cm³/mol. The van der Waals surface area contributed by atoms with Crippen molar-refractivity contribution in [2.45, 2.75) is 75.1 Å². The van der Waals surface area contributed by atoms with Crippen molar-refractivity contribution in [3.63, 3.8) is 0 Å². The van der Waals surface area contributed by atoms with Crippen LogP contribution in [0.5, 0.6) is 0 Å². The third-order valence-corrected chi connectivity index (χ3v) is 7.74. The largest absolute Gasteiger partial charge is 0.388 e. The van der Waals surface area contributed by atoms with Gasteiger partial charge in [-0.15, -0.1) is 24.8 Å². The Labute approximate surface area is 207 Å². The third-order valence-electron chi connectivity index (χ3n) is 7.74. The molecule has 0 bridgehead atoms. The molecule has 3 unspecified atom stereocenters. The molecule has 0 amide bonds. The summed E-state index contributed by atoms with van der Waals surface area (Å²) in [5.74, 6) is 0. The monoisotopic (exact) mass is 478 g/mol. The van der Waals surface area contributed by atoms with Crippen LogP contribution < -0.4 is 0 Å². The Morgan fingerprint density at radius 1 is 0.875 bits per heavy atom. The number of benzene rings is 2. The highest BCUT2D eigenvalue weighted by Gasteiger charge is 2.52. The lowest BCUT2D eigenvalue weighted by Gasteiger charge is -2.58. The fraction of sp³-hybridized carbons (Fsp3) is 0.556. The lowest BCUT2D eigenvalue weighted by atomic mass is 9.70. The van der Waals surface area contributed by atoms with Crippen LogP contribution in [0.1, 0.15) is 56.6 Å². The number of rotatable bonds is 5. The minimum absolute atomic E-state index is 0. The van der Waals surface area contributed by atoms with Crippen LogP contribution in [0.25, 0.3) is 0 Å². The van der Waals surface area contributed by atoms with E-state index in [1.807, 2.05) is 0 Å². The Morgan fingerprint density at radius 2 is 1.44 bits per heavy atom. The summed E-state index contributed by atoms with van der Waals surface area (Å²) in [6.45, 7) is 3.29. The second-order valence-corrected chi connectivity index (χ2v) is 9.82. The second kappa shape index (κ2) is 11.4.